The molecule has 0 aliphatic heterocycles. The molecule has 0 atom stereocenters. The van der Waals surface area contributed by atoms with E-state index in [4.69, 9.17) is 26.4 Å². The van der Waals surface area contributed by atoms with Crippen molar-refractivity contribution < 1.29 is 8.94 Å². The van der Waals surface area contributed by atoms with Gasteiger partial charge in [-0.25, -0.2) is 4.68 Å². The van der Waals surface area contributed by atoms with Crippen LogP contribution >= 0.6 is 23.4 Å². The Balaban J connectivity index is 1.48. The largest absolute Gasteiger partial charge is 0.461 e. The van der Waals surface area contributed by atoms with Crippen LogP contribution in [0.3, 0.4) is 0 Å². The van der Waals surface area contributed by atoms with Gasteiger partial charge < -0.3 is 14.8 Å². The van der Waals surface area contributed by atoms with E-state index in [1.54, 1.807) is 24.5 Å². The van der Waals surface area contributed by atoms with Gasteiger partial charge in [0.1, 0.15) is 0 Å². The summed E-state index contributed by atoms with van der Waals surface area (Å²) in [6.45, 7) is 0. The van der Waals surface area contributed by atoms with Gasteiger partial charge in [0.05, 0.1) is 12.0 Å². The number of hydrogen-bond donors (Lipinski definition) is 1. The molecular weight excluding hydrogens is 362 g/mol. The summed E-state index contributed by atoms with van der Waals surface area (Å²) in [5.41, 5.74) is 1.60. The first-order chi connectivity index (χ1) is 12.2. The number of nitrogen functional groups attached to an aromatic ring is 1. The fourth-order valence-corrected chi connectivity index (χ4v) is 3.09. The summed E-state index contributed by atoms with van der Waals surface area (Å²) < 4.78 is 12.0. The molecule has 4 aromatic rings. The summed E-state index contributed by atoms with van der Waals surface area (Å²) in [6.07, 6.45) is 1.58. The van der Waals surface area contributed by atoms with Gasteiger partial charge >= 0.3 is 0 Å². The molecule has 0 aliphatic carbocycles. The zero-order chi connectivity index (χ0) is 17.2. The van der Waals surface area contributed by atoms with Gasteiger partial charge in [-0.15, -0.1) is 10.2 Å². The molecule has 0 unspecified atom stereocenters. The fraction of sp³-hybridized carbons (Fsp3) is 0.0625. The van der Waals surface area contributed by atoms with Crippen LogP contribution in [0.1, 0.15) is 5.69 Å². The van der Waals surface area contributed by atoms with Gasteiger partial charge in [0, 0.05) is 22.4 Å². The maximum Gasteiger partial charge on any atom is 0.210 e. The number of thioether (sulfide) groups is 1. The summed E-state index contributed by atoms with van der Waals surface area (Å²) in [7, 11) is 0. The molecule has 1 aromatic carbocycles. The zero-order valence-electron chi connectivity index (χ0n) is 12.8. The van der Waals surface area contributed by atoms with Crippen molar-refractivity contribution in [1.29, 1.82) is 0 Å². The maximum absolute atomic E-state index is 6.10. The summed E-state index contributed by atoms with van der Waals surface area (Å²) >= 11 is 7.31. The average Bonchev–Trinajstić information content (AvgIpc) is 3.35. The van der Waals surface area contributed by atoms with E-state index >= 15 is 0 Å². The van der Waals surface area contributed by atoms with E-state index in [2.05, 4.69) is 15.4 Å². The van der Waals surface area contributed by atoms with E-state index in [1.807, 2.05) is 24.3 Å². The first-order valence-electron chi connectivity index (χ1n) is 7.29. The number of nitrogens with two attached hydrogens (primary N) is 1. The van der Waals surface area contributed by atoms with Crippen molar-refractivity contribution in [3.05, 3.63) is 59.4 Å². The molecular formula is C16H12ClN5O2S. The van der Waals surface area contributed by atoms with Gasteiger partial charge in [0.15, 0.2) is 11.6 Å². The molecule has 9 heteroatoms. The van der Waals surface area contributed by atoms with Crippen LogP contribution in [0.4, 0.5) is 0 Å². The van der Waals surface area contributed by atoms with Crippen LogP contribution in [0.25, 0.3) is 22.9 Å². The third-order valence-corrected chi connectivity index (χ3v) is 4.67. The van der Waals surface area contributed by atoms with Gasteiger partial charge in [-0.1, -0.05) is 28.5 Å². The molecule has 0 saturated carbocycles. The standard InChI is InChI=1S/C16H12ClN5O2S/c17-11-5-3-10(4-6-11)15-19-20-16(22(15)18)25-9-12-8-14(24-21-12)13-2-1-7-23-13/h1-8H,9,18H2. The predicted octanol–water partition coefficient (Wildman–Crippen LogP) is 3.85. The number of hydrogen-bond acceptors (Lipinski definition) is 7. The minimum atomic E-state index is 0.542. The Morgan fingerprint density at radius 3 is 2.72 bits per heavy atom. The molecule has 0 spiro atoms. The smallest absolute Gasteiger partial charge is 0.210 e. The molecule has 0 fully saturated rings. The van der Waals surface area contributed by atoms with Crippen LogP contribution in [0.5, 0.6) is 0 Å². The number of halogens is 1. The normalized spacial score (nSPS) is 11.1. The third-order valence-electron chi connectivity index (χ3n) is 3.44. The molecule has 2 N–H and O–H groups in total. The van der Waals surface area contributed by atoms with Crippen LogP contribution < -0.4 is 5.84 Å². The number of rotatable bonds is 5. The Kier molecular flexibility index (Phi) is 4.21. The SMILES string of the molecule is Nn1c(SCc2cc(-c3ccco3)on2)nnc1-c1ccc(Cl)cc1. The molecule has 25 heavy (non-hydrogen) atoms. The summed E-state index contributed by atoms with van der Waals surface area (Å²) in [6, 6.07) is 12.7. The van der Waals surface area contributed by atoms with Crippen LogP contribution in [-0.2, 0) is 5.75 Å². The second kappa shape index (κ2) is 6.66. The average molecular weight is 374 g/mol. The number of aromatic nitrogens is 4. The number of benzene rings is 1. The molecule has 3 aromatic heterocycles. The van der Waals surface area contributed by atoms with E-state index in [0.29, 0.717) is 33.3 Å². The molecule has 3 heterocycles. The highest BCUT2D eigenvalue weighted by molar-refractivity contribution is 7.98. The van der Waals surface area contributed by atoms with E-state index in [1.165, 1.54) is 16.4 Å². The molecule has 0 saturated heterocycles. The summed E-state index contributed by atoms with van der Waals surface area (Å²) in [5, 5.41) is 13.5. The third kappa shape index (κ3) is 3.26. The molecule has 0 radical (unpaired) electrons. The second-order valence-electron chi connectivity index (χ2n) is 5.13. The van der Waals surface area contributed by atoms with Crippen molar-refractivity contribution in [1.82, 2.24) is 20.0 Å². The Hall–Kier alpha value is -2.71. The maximum atomic E-state index is 6.10. The molecule has 4 rings (SSSR count). The van der Waals surface area contributed by atoms with Crippen molar-refractivity contribution >= 4 is 23.4 Å². The van der Waals surface area contributed by atoms with Crippen LogP contribution in [0.2, 0.25) is 5.02 Å². The van der Waals surface area contributed by atoms with Crippen molar-refractivity contribution in [2.75, 3.05) is 5.84 Å². The van der Waals surface area contributed by atoms with Gasteiger partial charge in [-0.3, -0.25) is 0 Å². The highest BCUT2D eigenvalue weighted by Gasteiger charge is 2.14. The second-order valence-corrected chi connectivity index (χ2v) is 6.51. The topological polar surface area (TPSA) is 95.9 Å². The highest BCUT2D eigenvalue weighted by atomic mass is 35.5. The van der Waals surface area contributed by atoms with Crippen LogP contribution in [-0.4, -0.2) is 20.0 Å². The van der Waals surface area contributed by atoms with Gasteiger partial charge in [-0.2, -0.15) is 0 Å². The molecule has 0 aliphatic rings. The van der Waals surface area contributed by atoms with Gasteiger partial charge in [0.2, 0.25) is 10.9 Å². The van der Waals surface area contributed by atoms with E-state index < -0.39 is 0 Å². The minimum Gasteiger partial charge on any atom is -0.461 e. The predicted molar refractivity (Wildman–Crippen MR) is 94.4 cm³/mol. The number of furan rings is 1. The Bertz CT molecular complexity index is 979. The lowest BCUT2D eigenvalue weighted by Crippen LogP contribution is -2.11. The van der Waals surface area contributed by atoms with Crippen molar-refractivity contribution in [2.45, 2.75) is 10.9 Å². The fourth-order valence-electron chi connectivity index (χ4n) is 2.22. The van der Waals surface area contributed by atoms with Crippen LogP contribution in [0.15, 0.2) is 62.8 Å². The van der Waals surface area contributed by atoms with Crippen molar-refractivity contribution in [3.63, 3.8) is 0 Å². The molecule has 0 amide bonds. The zero-order valence-corrected chi connectivity index (χ0v) is 14.4. The van der Waals surface area contributed by atoms with E-state index in [9.17, 15) is 0 Å². The minimum absolute atomic E-state index is 0.542. The first-order valence-corrected chi connectivity index (χ1v) is 8.66. The molecule has 7 nitrogen and oxygen atoms in total. The lowest BCUT2D eigenvalue weighted by molar-refractivity contribution is 0.413. The Labute approximate surface area is 151 Å². The van der Waals surface area contributed by atoms with E-state index in [-0.39, 0.29) is 0 Å². The summed E-state index contributed by atoms with van der Waals surface area (Å²) in [4.78, 5) is 0. The summed E-state index contributed by atoms with van der Waals surface area (Å²) in [5.74, 6) is 8.42. The Morgan fingerprint density at radius 2 is 1.96 bits per heavy atom. The Morgan fingerprint density at radius 1 is 1.12 bits per heavy atom. The van der Waals surface area contributed by atoms with E-state index in [0.717, 1.165) is 11.3 Å². The van der Waals surface area contributed by atoms with Crippen LogP contribution in [0, 0.1) is 0 Å². The lowest BCUT2D eigenvalue weighted by Gasteiger charge is -2.03. The van der Waals surface area contributed by atoms with Gasteiger partial charge in [0.25, 0.3) is 0 Å². The first kappa shape index (κ1) is 15.8. The monoisotopic (exact) mass is 373 g/mol. The molecule has 0 bridgehead atoms. The quantitative estimate of drug-likeness (QED) is 0.419. The van der Waals surface area contributed by atoms with Crippen molar-refractivity contribution in [3.8, 4) is 22.9 Å². The molecule has 126 valence electrons. The van der Waals surface area contributed by atoms with Gasteiger partial charge in [-0.05, 0) is 36.4 Å². The highest BCUT2D eigenvalue weighted by Crippen LogP contribution is 2.27. The lowest BCUT2D eigenvalue weighted by atomic mass is 10.2. The van der Waals surface area contributed by atoms with Crippen molar-refractivity contribution in [2.24, 2.45) is 0 Å². The number of nitrogens with zero attached hydrogens (tertiary/aromatic N) is 4.